The summed E-state index contributed by atoms with van der Waals surface area (Å²) in [7, 11) is 3.20. The molecule has 0 bridgehead atoms. The van der Waals surface area contributed by atoms with Crippen LogP contribution in [-0.4, -0.2) is 26.8 Å². The van der Waals surface area contributed by atoms with Gasteiger partial charge in [0.1, 0.15) is 0 Å². The monoisotopic (exact) mass is 316 g/mol. The largest absolute Gasteiger partial charge is 0.493 e. The van der Waals surface area contributed by atoms with Gasteiger partial charge in [-0.15, -0.1) is 0 Å². The van der Waals surface area contributed by atoms with Gasteiger partial charge in [0.25, 0.3) is 0 Å². The van der Waals surface area contributed by atoms with Crippen LogP contribution in [0, 0.1) is 0 Å². The second-order valence-corrected chi connectivity index (χ2v) is 5.37. The molecule has 1 aliphatic carbocycles. The second-order valence-electron chi connectivity index (χ2n) is 5.37. The molecule has 0 spiro atoms. The zero-order valence-corrected chi connectivity index (χ0v) is 14.1. The van der Waals surface area contributed by atoms with E-state index in [2.05, 4.69) is 6.08 Å². The molecule has 23 heavy (non-hydrogen) atoms. The number of ether oxygens (including phenoxy) is 3. The van der Waals surface area contributed by atoms with Crippen molar-refractivity contribution < 1.29 is 19.0 Å². The number of methoxy groups -OCH3 is 2. The molecule has 0 amide bonds. The van der Waals surface area contributed by atoms with E-state index >= 15 is 0 Å². The first-order valence-electron chi connectivity index (χ1n) is 7.99. The van der Waals surface area contributed by atoms with E-state index in [-0.39, 0.29) is 5.97 Å². The second kappa shape index (κ2) is 8.42. The first kappa shape index (κ1) is 17.1. The van der Waals surface area contributed by atoms with Crippen LogP contribution < -0.4 is 9.47 Å². The fourth-order valence-corrected chi connectivity index (χ4v) is 2.68. The molecule has 2 rings (SSSR count). The first-order valence-corrected chi connectivity index (χ1v) is 7.99. The van der Waals surface area contributed by atoms with Crippen LogP contribution in [0.4, 0.5) is 0 Å². The lowest BCUT2D eigenvalue weighted by molar-refractivity contribution is -0.138. The lowest BCUT2D eigenvalue weighted by Gasteiger charge is -2.16. The molecule has 124 valence electrons. The van der Waals surface area contributed by atoms with Gasteiger partial charge in [0.2, 0.25) is 0 Å². The van der Waals surface area contributed by atoms with E-state index in [9.17, 15) is 4.79 Å². The number of hydrogen-bond donors (Lipinski definition) is 0. The minimum atomic E-state index is -0.268. The zero-order chi connectivity index (χ0) is 16.7. The van der Waals surface area contributed by atoms with Crippen molar-refractivity contribution in [2.75, 3.05) is 20.8 Å². The molecule has 0 radical (unpaired) electrons. The lowest BCUT2D eigenvalue weighted by Crippen LogP contribution is -2.11. The molecular formula is C19H24O4. The normalized spacial score (nSPS) is 14.9. The van der Waals surface area contributed by atoms with E-state index in [0.29, 0.717) is 23.7 Å². The van der Waals surface area contributed by atoms with E-state index in [0.717, 1.165) is 30.4 Å². The van der Waals surface area contributed by atoms with Crippen LogP contribution in [0.2, 0.25) is 0 Å². The topological polar surface area (TPSA) is 44.8 Å². The van der Waals surface area contributed by atoms with E-state index in [1.807, 2.05) is 31.2 Å². The Kier molecular flexibility index (Phi) is 6.27. The summed E-state index contributed by atoms with van der Waals surface area (Å²) in [5.41, 5.74) is 2.60. The van der Waals surface area contributed by atoms with Crippen LogP contribution in [0.15, 0.2) is 35.4 Å². The molecule has 0 atom stereocenters. The van der Waals surface area contributed by atoms with Gasteiger partial charge in [-0.1, -0.05) is 12.1 Å². The van der Waals surface area contributed by atoms with E-state index in [1.54, 1.807) is 14.2 Å². The predicted molar refractivity (Wildman–Crippen MR) is 90.7 cm³/mol. The van der Waals surface area contributed by atoms with Crippen LogP contribution in [-0.2, 0) is 9.53 Å². The van der Waals surface area contributed by atoms with Gasteiger partial charge in [-0.3, -0.25) is 0 Å². The molecule has 0 fully saturated rings. The molecule has 0 N–H and O–H groups in total. The van der Waals surface area contributed by atoms with Crippen molar-refractivity contribution in [3.05, 3.63) is 41.0 Å². The van der Waals surface area contributed by atoms with Crippen molar-refractivity contribution in [2.24, 2.45) is 0 Å². The molecule has 1 aromatic rings. The molecule has 0 saturated carbocycles. The predicted octanol–water partition coefficient (Wildman–Crippen LogP) is 4.15. The maximum Gasteiger partial charge on any atom is 0.338 e. The third-order valence-electron chi connectivity index (χ3n) is 3.85. The lowest BCUT2D eigenvalue weighted by atomic mass is 9.92. The average molecular weight is 316 g/mol. The van der Waals surface area contributed by atoms with E-state index in [1.165, 1.54) is 6.42 Å². The van der Waals surface area contributed by atoms with Gasteiger partial charge in [0.05, 0.1) is 26.4 Å². The van der Waals surface area contributed by atoms with Crippen LogP contribution >= 0.6 is 0 Å². The van der Waals surface area contributed by atoms with E-state index in [4.69, 9.17) is 14.2 Å². The molecule has 0 unspecified atom stereocenters. The summed E-state index contributed by atoms with van der Waals surface area (Å²) < 4.78 is 15.8. The van der Waals surface area contributed by atoms with Gasteiger partial charge in [-0.2, -0.15) is 0 Å². The summed E-state index contributed by atoms with van der Waals surface area (Å²) in [4.78, 5) is 12.3. The van der Waals surface area contributed by atoms with Gasteiger partial charge in [0.15, 0.2) is 11.5 Å². The molecule has 0 aromatic heterocycles. The molecular weight excluding hydrogens is 292 g/mol. The van der Waals surface area contributed by atoms with Gasteiger partial charge in [-0.05, 0) is 62.0 Å². The fourth-order valence-electron chi connectivity index (χ4n) is 2.68. The maximum absolute atomic E-state index is 12.3. The first-order chi connectivity index (χ1) is 11.2. The summed E-state index contributed by atoms with van der Waals surface area (Å²) in [6.45, 7) is 2.19. The molecule has 1 aliphatic rings. The van der Waals surface area contributed by atoms with Gasteiger partial charge < -0.3 is 14.2 Å². The fraction of sp³-hybridized carbons (Fsp3) is 0.421. The molecule has 0 aliphatic heterocycles. The van der Waals surface area contributed by atoms with Crippen molar-refractivity contribution in [1.82, 2.24) is 0 Å². The van der Waals surface area contributed by atoms with Crippen molar-refractivity contribution in [3.8, 4) is 11.5 Å². The number of allylic oxidation sites excluding steroid dienone is 1. The molecule has 4 nitrogen and oxygen atoms in total. The Morgan fingerprint density at radius 3 is 2.57 bits per heavy atom. The molecule has 1 aromatic carbocycles. The van der Waals surface area contributed by atoms with Crippen LogP contribution in [0.1, 0.15) is 38.2 Å². The Morgan fingerprint density at radius 1 is 1.17 bits per heavy atom. The summed E-state index contributed by atoms with van der Waals surface area (Å²) in [5, 5.41) is 0. The number of carbonyl (C=O) groups is 1. The average Bonchev–Trinajstić information content (AvgIpc) is 2.60. The Labute approximate surface area is 137 Å². The maximum atomic E-state index is 12.3. The van der Waals surface area contributed by atoms with Crippen LogP contribution in [0.5, 0.6) is 11.5 Å². The summed E-state index contributed by atoms with van der Waals surface area (Å²) in [5.74, 6) is 1.04. The number of esters is 1. The third-order valence-corrected chi connectivity index (χ3v) is 3.85. The van der Waals surface area contributed by atoms with Gasteiger partial charge >= 0.3 is 5.97 Å². The Morgan fingerprint density at radius 2 is 1.96 bits per heavy atom. The smallest absolute Gasteiger partial charge is 0.338 e. The highest BCUT2D eigenvalue weighted by molar-refractivity contribution is 5.98. The number of carbonyl (C=O) groups excluding carboxylic acids is 1. The van der Waals surface area contributed by atoms with Gasteiger partial charge in [-0.25, -0.2) is 4.79 Å². The molecule has 0 heterocycles. The molecule has 0 saturated heterocycles. The quantitative estimate of drug-likeness (QED) is 0.584. The number of hydrogen-bond acceptors (Lipinski definition) is 4. The molecule has 4 heteroatoms. The third kappa shape index (κ3) is 4.38. The standard InChI is InChI=1S/C19H24O4/c1-4-23-19(20)16(15-8-6-5-7-9-15)12-14-10-11-17(21-2)18(13-14)22-3/h8,10-13H,4-7,9H2,1-3H3/b16-12+. The highest BCUT2D eigenvalue weighted by Gasteiger charge is 2.18. The van der Waals surface area contributed by atoms with E-state index < -0.39 is 0 Å². The summed E-state index contributed by atoms with van der Waals surface area (Å²) >= 11 is 0. The highest BCUT2D eigenvalue weighted by Crippen LogP contribution is 2.31. The van der Waals surface area contributed by atoms with Crippen LogP contribution in [0.25, 0.3) is 6.08 Å². The van der Waals surface area contributed by atoms with Crippen LogP contribution in [0.3, 0.4) is 0 Å². The van der Waals surface area contributed by atoms with Crippen molar-refractivity contribution in [2.45, 2.75) is 32.6 Å². The highest BCUT2D eigenvalue weighted by atomic mass is 16.5. The summed E-state index contributed by atoms with van der Waals surface area (Å²) in [6, 6.07) is 5.61. The number of benzene rings is 1. The Balaban J connectivity index is 2.39. The van der Waals surface area contributed by atoms with Gasteiger partial charge in [0, 0.05) is 0 Å². The SMILES string of the molecule is CCOC(=O)/C(=C/c1ccc(OC)c(OC)c1)C1=CCCCC1. The van der Waals surface area contributed by atoms with Crippen molar-refractivity contribution >= 4 is 12.0 Å². The Bertz CT molecular complexity index is 614. The number of rotatable bonds is 6. The minimum absolute atomic E-state index is 0.268. The zero-order valence-electron chi connectivity index (χ0n) is 14.1. The van der Waals surface area contributed by atoms with Crippen molar-refractivity contribution in [3.63, 3.8) is 0 Å². The minimum Gasteiger partial charge on any atom is -0.493 e. The summed E-state index contributed by atoms with van der Waals surface area (Å²) in [6.07, 6.45) is 8.23. The van der Waals surface area contributed by atoms with Crippen molar-refractivity contribution in [1.29, 1.82) is 0 Å². The Hall–Kier alpha value is -2.23.